The molecule has 1 aliphatic rings. The van der Waals surface area contributed by atoms with Crippen molar-refractivity contribution in [3.05, 3.63) is 34.9 Å². The summed E-state index contributed by atoms with van der Waals surface area (Å²) in [6.45, 7) is 2.04. The van der Waals surface area contributed by atoms with Gasteiger partial charge in [-0.3, -0.25) is 10.2 Å². The van der Waals surface area contributed by atoms with Gasteiger partial charge in [-0.15, -0.1) is 0 Å². The van der Waals surface area contributed by atoms with Gasteiger partial charge in [0.05, 0.1) is 12.1 Å². The molecule has 1 saturated heterocycles. The molecular formula is C14H17ClN2O2. The number of carbonyl (C=O) groups is 1. The van der Waals surface area contributed by atoms with Crippen LogP contribution in [0.5, 0.6) is 5.75 Å². The summed E-state index contributed by atoms with van der Waals surface area (Å²) in [4.78, 5) is 11.2. The Morgan fingerprint density at radius 3 is 2.89 bits per heavy atom. The molecule has 1 amide bonds. The fourth-order valence-electron chi connectivity index (χ4n) is 2.02. The number of amides is 1. The van der Waals surface area contributed by atoms with E-state index in [1.807, 2.05) is 37.3 Å². The predicted molar refractivity (Wildman–Crippen MR) is 75.9 cm³/mol. The number of carbonyl (C=O) groups excluding carboxylic acids is 1. The molecule has 1 fully saturated rings. The van der Waals surface area contributed by atoms with Crippen molar-refractivity contribution >= 4 is 23.6 Å². The van der Waals surface area contributed by atoms with Crippen molar-refractivity contribution in [2.45, 2.75) is 19.4 Å². The summed E-state index contributed by atoms with van der Waals surface area (Å²) < 4.78 is 5.11. The maximum Gasteiger partial charge on any atom is 0.234 e. The summed E-state index contributed by atoms with van der Waals surface area (Å²) in [5.41, 5.74) is 6.62. The van der Waals surface area contributed by atoms with Crippen molar-refractivity contribution in [1.82, 2.24) is 10.9 Å². The van der Waals surface area contributed by atoms with Crippen LogP contribution in [0.1, 0.15) is 18.9 Å². The lowest BCUT2D eigenvalue weighted by atomic mass is 9.96. The van der Waals surface area contributed by atoms with Gasteiger partial charge in [0.15, 0.2) is 0 Å². The number of methoxy groups -OCH3 is 1. The molecule has 19 heavy (non-hydrogen) atoms. The fourth-order valence-corrected chi connectivity index (χ4v) is 2.28. The van der Waals surface area contributed by atoms with Gasteiger partial charge in [-0.1, -0.05) is 36.7 Å². The lowest BCUT2D eigenvalue weighted by molar-refractivity contribution is -0.125. The highest BCUT2D eigenvalue weighted by molar-refractivity contribution is 6.32. The third-order valence-electron chi connectivity index (χ3n) is 3.17. The second-order valence-corrected chi connectivity index (χ2v) is 5.06. The first-order valence-corrected chi connectivity index (χ1v) is 6.54. The molecule has 0 bridgehead atoms. The number of rotatable bonds is 3. The van der Waals surface area contributed by atoms with E-state index < -0.39 is 0 Å². The van der Waals surface area contributed by atoms with Gasteiger partial charge in [0.1, 0.15) is 5.75 Å². The molecule has 2 rings (SSSR count). The van der Waals surface area contributed by atoms with Crippen LogP contribution in [0.2, 0.25) is 5.02 Å². The van der Waals surface area contributed by atoms with Gasteiger partial charge in [-0.2, -0.15) is 0 Å². The van der Waals surface area contributed by atoms with Crippen molar-refractivity contribution < 1.29 is 9.53 Å². The normalized spacial score (nSPS) is 23.4. The molecule has 0 radical (unpaired) electrons. The first-order valence-electron chi connectivity index (χ1n) is 6.16. The molecule has 1 aromatic carbocycles. The van der Waals surface area contributed by atoms with Crippen molar-refractivity contribution in [3.8, 4) is 5.75 Å². The van der Waals surface area contributed by atoms with Crippen molar-refractivity contribution in [2.24, 2.45) is 5.92 Å². The van der Waals surface area contributed by atoms with Crippen LogP contribution in [-0.4, -0.2) is 19.1 Å². The van der Waals surface area contributed by atoms with Crippen molar-refractivity contribution in [1.29, 1.82) is 0 Å². The highest BCUT2D eigenvalue weighted by Crippen LogP contribution is 2.25. The van der Waals surface area contributed by atoms with E-state index in [-0.39, 0.29) is 17.9 Å². The molecule has 4 nitrogen and oxygen atoms in total. The number of hydrogen-bond donors (Lipinski definition) is 2. The van der Waals surface area contributed by atoms with Gasteiger partial charge >= 0.3 is 0 Å². The van der Waals surface area contributed by atoms with Crippen LogP contribution in [-0.2, 0) is 4.79 Å². The van der Waals surface area contributed by atoms with E-state index in [1.54, 1.807) is 7.11 Å². The van der Waals surface area contributed by atoms with E-state index in [2.05, 4.69) is 10.9 Å². The van der Waals surface area contributed by atoms with Gasteiger partial charge in [-0.25, -0.2) is 5.43 Å². The smallest absolute Gasteiger partial charge is 0.234 e. The quantitative estimate of drug-likeness (QED) is 0.894. The van der Waals surface area contributed by atoms with Crippen LogP contribution >= 0.6 is 11.6 Å². The number of hydrazine groups is 1. The molecular weight excluding hydrogens is 264 g/mol. The molecule has 0 aliphatic carbocycles. The van der Waals surface area contributed by atoms with Crippen LogP contribution < -0.4 is 15.6 Å². The predicted octanol–water partition coefficient (Wildman–Crippen LogP) is 2.39. The summed E-state index contributed by atoms with van der Waals surface area (Å²) >= 11 is 6.07. The van der Waals surface area contributed by atoms with Gasteiger partial charge < -0.3 is 4.74 Å². The van der Waals surface area contributed by atoms with Crippen LogP contribution in [0, 0.1) is 5.92 Å². The van der Waals surface area contributed by atoms with E-state index >= 15 is 0 Å². The van der Waals surface area contributed by atoms with Crippen molar-refractivity contribution in [2.75, 3.05) is 7.11 Å². The van der Waals surface area contributed by atoms with Crippen LogP contribution in [0.3, 0.4) is 0 Å². The zero-order chi connectivity index (χ0) is 13.8. The van der Waals surface area contributed by atoms with Crippen LogP contribution in [0.15, 0.2) is 24.3 Å². The Morgan fingerprint density at radius 1 is 1.47 bits per heavy atom. The Bertz CT molecular complexity index is 502. The standard InChI is InChI=1S/C14H17ClN2O2/c1-9-7-14(18)17-16-12(9)5-3-10-4-6-13(19-2)11(15)8-10/h3-6,8-9,12,16H,7H2,1-2H3,(H,17,18)/b5-3+. The highest BCUT2D eigenvalue weighted by atomic mass is 35.5. The Balaban J connectivity index is 2.06. The number of ether oxygens (including phenoxy) is 1. The second-order valence-electron chi connectivity index (χ2n) is 4.65. The Labute approximate surface area is 117 Å². The first-order chi connectivity index (χ1) is 9.10. The maximum absolute atomic E-state index is 11.2. The summed E-state index contributed by atoms with van der Waals surface area (Å²) in [5, 5.41) is 0.586. The summed E-state index contributed by atoms with van der Waals surface area (Å²) in [7, 11) is 1.59. The number of benzene rings is 1. The third kappa shape index (κ3) is 3.49. The van der Waals surface area contributed by atoms with Gasteiger partial charge in [0.2, 0.25) is 5.91 Å². The molecule has 102 valence electrons. The fraction of sp³-hybridized carbons (Fsp3) is 0.357. The topological polar surface area (TPSA) is 50.4 Å². The molecule has 0 aromatic heterocycles. The zero-order valence-corrected chi connectivity index (χ0v) is 11.7. The zero-order valence-electron chi connectivity index (χ0n) is 10.9. The van der Waals surface area contributed by atoms with E-state index in [0.29, 0.717) is 17.2 Å². The first kappa shape index (κ1) is 13.9. The molecule has 0 spiro atoms. The van der Waals surface area contributed by atoms with Crippen LogP contribution in [0.4, 0.5) is 0 Å². The lowest BCUT2D eigenvalue weighted by Gasteiger charge is -2.27. The van der Waals surface area contributed by atoms with Gasteiger partial charge in [0.25, 0.3) is 0 Å². The minimum Gasteiger partial charge on any atom is -0.495 e. The van der Waals surface area contributed by atoms with E-state index in [0.717, 1.165) is 5.56 Å². The largest absolute Gasteiger partial charge is 0.495 e. The Kier molecular flexibility index (Phi) is 4.45. The number of nitrogens with one attached hydrogen (secondary N) is 2. The average Bonchev–Trinajstić information content (AvgIpc) is 2.38. The van der Waals surface area contributed by atoms with E-state index in [4.69, 9.17) is 16.3 Å². The van der Waals surface area contributed by atoms with Gasteiger partial charge in [0, 0.05) is 12.5 Å². The summed E-state index contributed by atoms with van der Waals surface area (Å²) in [6.07, 6.45) is 4.55. The minimum absolute atomic E-state index is 0.0321. The minimum atomic E-state index is 0.0321. The molecule has 2 atom stereocenters. The molecule has 2 N–H and O–H groups in total. The Morgan fingerprint density at radius 2 is 2.26 bits per heavy atom. The Hall–Kier alpha value is -1.52. The molecule has 2 unspecified atom stereocenters. The molecule has 1 heterocycles. The number of halogens is 1. The average molecular weight is 281 g/mol. The lowest BCUT2D eigenvalue weighted by Crippen LogP contribution is -2.52. The van der Waals surface area contributed by atoms with Gasteiger partial charge in [-0.05, 0) is 23.6 Å². The third-order valence-corrected chi connectivity index (χ3v) is 3.47. The monoisotopic (exact) mass is 280 g/mol. The number of hydrogen-bond acceptors (Lipinski definition) is 3. The van der Waals surface area contributed by atoms with Crippen LogP contribution in [0.25, 0.3) is 6.08 Å². The molecule has 0 saturated carbocycles. The van der Waals surface area contributed by atoms with E-state index in [1.165, 1.54) is 0 Å². The van der Waals surface area contributed by atoms with Crippen molar-refractivity contribution in [3.63, 3.8) is 0 Å². The summed E-state index contributed by atoms with van der Waals surface area (Å²) in [6, 6.07) is 5.75. The molecule has 1 aliphatic heterocycles. The SMILES string of the molecule is COc1ccc(/C=C/C2NNC(=O)CC2C)cc1Cl. The highest BCUT2D eigenvalue weighted by Gasteiger charge is 2.22. The second kappa shape index (κ2) is 6.08. The summed E-state index contributed by atoms with van der Waals surface area (Å²) in [5.74, 6) is 0.957. The maximum atomic E-state index is 11.2. The molecule has 5 heteroatoms. The molecule has 1 aromatic rings. The van der Waals surface area contributed by atoms with E-state index in [9.17, 15) is 4.79 Å².